The first-order valence-corrected chi connectivity index (χ1v) is 8.17. The fourth-order valence-corrected chi connectivity index (χ4v) is 5.97. The van der Waals surface area contributed by atoms with Crippen LogP contribution in [-0.4, -0.2) is 16.2 Å². The molecular weight excluding hydrogens is 242 g/mol. The molecular formula is C15H21NOS. The van der Waals surface area contributed by atoms with Gasteiger partial charge < -0.3 is 5.11 Å². The highest BCUT2D eigenvalue weighted by molar-refractivity contribution is 7.09. The lowest BCUT2D eigenvalue weighted by atomic mass is 9.48. The molecule has 4 aliphatic rings. The van der Waals surface area contributed by atoms with Crippen molar-refractivity contribution in [1.82, 2.24) is 4.98 Å². The van der Waals surface area contributed by atoms with Crippen LogP contribution in [0.25, 0.3) is 0 Å². The van der Waals surface area contributed by atoms with Crippen LogP contribution >= 0.6 is 11.3 Å². The van der Waals surface area contributed by atoms with E-state index < -0.39 is 0 Å². The first-order chi connectivity index (χ1) is 8.73. The molecule has 4 saturated carbocycles. The van der Waals surface area contributed by atoms with Crippen molar-refractivity contribution in [2.75, 3.05) is 0 Å². The molecule has 0 aliphatic heterocycles. The van der Waals surface area contributed by atoms with Crippen LogP contribution in [0.3, 0.4) is 0 Å². The van der Waals surface area contributed by atoms with Crippen LogP contribution in [0, 0.1) is 23.2 Å². The van der Waals surface area contributed by atoms with E-state index in [1.165, 1.54) is 43.4 Å². The fraction of sp³-hybridized carbons (Fsp3) is 0.800. The SMILES string of the molecule is OC(Cc1cncs1)C12CC3CC(CC(C3)C1)C2. The van der Waals surface area contributed by atoms with Gasteiger partial charge in [0.2, 0.25) is 0 Å². The highest BCUT2D eigenvalue weighted by Gasteiger charge is 2.53. The minimum Gasteiger partial charge on any atom is -0.392 e. The van der Waals surface area contributed by atoms with Gasteiger partial charge in [-0.25, -0.2) is 0 Å². The number of thiazole rings is 1. The number of hydrogen-bond donors (Lipinski definition) is 1. The van der Waals surface area contributed by atoms with Gasteiger partial charge in [-0.15, -0.1) is 11.3 Å². The maximum Gasteiger partial charge on any atom is 0.0794 e. The standard InChI is InChI=1S/C15H21NOS/c17-14(4-13-8-16-9-18-13)15-5-10-1-11(6-15)3-12(2-10)7-15/h8-12,14,17H,1-7H2. The fourth-order valence-electron chi connectivity index (χ4n) is 5.34. The van der Waals surface area contributed by atoms with Crippen molar-refractivity contribution < 1.29 is 5.11 Å². The molecule has 3 heteroatoms. The normalized spacial score (nSPS) is 43.3. The maximum absolute atomic E-state index is 10.8. The minimum atomic E-state index is -0.133. The van der Waals surface area contributed by atoms with Gasteiger partial charge in [-0.3, -0.25) is 4.98 Å². The summed E-state index contributed by atoms with van der Waals surface area (Å²) in [4.78, 5) is 5.38. The highest BCUT2D eigenvalue weighted by Crippen LogP contribution is 2.61. The van der Waals surface area contributed by atoms with Crippen LogP contribution in [-0.2, 0) is 6.42 Å². The van der Waals surface area contributed by atoms with E-state index in [1.54, 1.807) is 11.3 Å². The lowest BCUT2D eigenvalue weighted by Crippen LogP contribution is -2.52. The molecule has 4 fully saturated rings. The van der Waals surface area contributed by atoms with Gasteiger partial charge in [-0.1, -0.05) is 0 Å². The van der Waals surface area contributed by atoms with Gasteiger partial charge in [-0.05, 0) is 61.7 Å². The van der Waals surface area contributed by atoms with Crippen LogP contribution < -0.4 is 0 Å². The molecule has 0 radical (unpaired) electrons. The molecule has 1 heterocycles. The second-order valence-electron chi connectivity index (χ2n) is 6.97. The number of hydrogen-bond acceptors (Lipinski definition) is 3. The minimum absolute atomic E-state index is 0.133. The molecule has 5 rings (SSSR count). The number of aliphatic hydroxyl groups is 1. The molecule has 0 saturated heterocycles. The summed E-state index contributed by atoms with van der Waals surface area (Å²) < 4.78 is 0. The first kappa shape index (κ1) is 11.4. The quantitative estimate of drug-likeness (QED) is 0.908. The Morgan fingerprint density at radius 3 is 2.33 bits per heavy atom. The highest BCUT2D eigenvalue weighted by atomic mass is 32.1. The smallest absolute Gasteiger partial charge is 0.0794 e. The number of aliphatic hydroxyl groups excluding tert-OH is 1. The van der Waals surface area contributed by atoms with E-state index in [0.29, 0.717) is 0 Å². The van der Waals surface area contributed by atoms with E-state index in [9.17, 15) is 5.11 Å². The molecule has 0 spiro atoms. The van der Waals surface area contributed by atoms with E-state index >= 15 is 0 Å². The van der Waals surface area contributed by atoms with Crippen molar-refractivity contribution in [3.8, 4) is 0 Å². The summed E-state index contributed by atoms with van der Waals surface area (Å²) in [6, 6.07) is 0. The van der Waals surface area contributed by atoms with Gasteiger partial charge in [0.05, 0.1) is 11.6 Å². The Morgan fingerprint density at radius 1 is 1.22 bits per heavy atom. The van der Waals surface area contributed by atoms with Gasteiger partial charge in [0, 0.05) is 17.5 Å². The molecule has 1 atom stereocenters. The molecule has 98 valence electrons. The Balaban J connectivity index is 1.56. The first-order valence-electron chi connectivity index (χ1n) is 7.29. The third kappa shape index (κ3) is 1.75. The van der Waals surface area contributed by atoms with Gasteiger partial charge >= 0.3 is 0 Å². The van der Waals surface area contributed by atoms with Gasteiger partial charge in [0.25, 0.3) is 0 Å². The largest absolute Gasteiger partial charge is 0.392 e. The van der Waals surface area contributed by atoms with Crippen LogP contribution in [0.1, 0.15) is 43.4 Å². The summed E-state index contributed by atoms with van der Waals surface area (Å²) >= 11 is 1.68. The topological polar surface area (TPSA) is 33.1 Å². The van der Waals surface area contributed by atoms with Crippen molar-refractivity contribution in [2.24, 2.45) is 23.2 Å². The van der Waals surface area contributed by atoms with E-state index in [4.69, 9.17) is 0 Å². The van der Waals surface area contributed by atoms with E-state index in [-0.39, 0.29) is 11.5 Å². The van der Waals surface area contributed by atoms with Crippen LogP contribution in [0.4, 0.5) is 0 Å². The van der Waals surface area contributed by atoms with Gasteiger partial charge in [-0.2, -0.15) is 0 Å². The third-order valence-electron chi connectivity index (χ3n) is 5.67. The second-order valence-corrected chi connectivity index (χ2v) is 7.94. The van der Waals surface area contributed by atoms with Crippen LogP contribution in [0.15, 0.2) is 11.7 Å². The number of nitrogens with zero attached hydrogens (tertiary/aromatic N) is 1. The van der Waals surface area contributed by atoms with E-state index in [1.807, 2.05) is 11.7 Å². The van der Waals surface area contributed by atoms with Crippen molar-refractivity contribution in [3.05, 3.63) is 16.6 Å². The summed E-state index contributed by atoms with van der Waals surface area (Å²) in [5.41, 5.74) is 2.14. The Hall–Kier alpha value is -0.410. The molecule has 1 unspecified atom stereocenters. The zero-order chi connectivity index (χ0) is 12.2. The van der Waals surface area contributed by atoms with Crippen molar-refractivity contribution in [1.29, 1.82) is 0 Å². The van der Waals surface area contributed by atoms with E-state index in [2.05, 4.69) is 4.98 Å². The Kier molecular flexibility index (Phi) is 2.56. The Labute approximate surface area is 112 Å². The van der Waals surface area contributed by atoms with Crippen LogP contribution in [0.5, 0.6) is 0 Å². The zero-order valence-electron chi connectivity index (χ0n) is 10.7. The Bertz CT molecular complexity index is 392. The van der Waals surface area contributed by atoms with Crippen molar-refractivity contribution in [2.45, 2.75) is 51.0 Å². The zero-order valence-corrected chi connectivity index (χ0v) is 11.5. The second kappa shape index (κ2) is 4.04. The van der Waals surface area contributed by atoms with E-state index in [0.717, 1.165) is 24.2 Å². The summed E-state index contributed by atoms with van der Waals surface area (Å²) in [6.45, 7) is 0. The Morgan fingerprint density at radius 2 is 1.83 bits per heavy atom. The average molecular weight is 263 g/mol. The van der Waals surface area contributed by atoms with Gasteiger partial charge in [0.15, 0.2) is 0 Å². The molecule has 0 aromatic carbocycles. The van der Waals surface area contributed by atoms with Crippen molar-refractivity contribution in [3.63, 3.8) is 0 Å². The molecule has 1 aromatic rings. The summed E-state index contributed by atoms with van der Waals surface area (Å²) in [6.07, 6.45) is 10.8. The lowest BCUT2D eigenvalue weighted by molar-refractivity contribution is -0.119. The molecule has 4 bridgehead atoms. The van der Waals surface area contributed by atoms with Crippen molar-refractivity contribution >= 4 is 11.3 Å². The molecule has 4 aliphatic carbocycles. The summed E-state index contributed by atoms with van der Waals surface area (Å²) in [7, 11) is 0. The molecule has 2 nitrogen and oxygen atoms in total. The molecule has 0 amide bonds. The lowest BCUT2D eigenvalue weighted by Gasteiger charge is -2.58. The number of rotatable bonds is 3. The van der Waals surface area contributed by atoms with Crippen LogP contribution in [0.2, 0.25) is 0 Å². The molecule has 1 N–H and O–H groups in total. The predicted molar refractivity (Wildman–Crippen MR) is 72.4 cm³/mol. The number of aromatic nitrogens is 1. The van der Waals surface area contributed by atoms with Gasteiger partial charge in [0.1, 0.15) is 0 Å². The third-order valence-corrected chi connectivity index (χ3v) is 6.47. The average Bonchev–Trinajstić information content (AvgIpc) is 2.79. The summed E-state index contributed by atoms with van der Waals surface area (Å²) in [5, 5.41) is 10.8. The maximum atomic E-state index is 10.8. The molecule has 1 aromatic heterocycles. The molecule has 18 heavy (non-hydrogen) atoms. The predicted octanol–water partition coefficient (Wildman–Crippen LogP) is 3.26. The monoisotopic (exact) mass is 263 g/mol. The summed E-state index contributed by atoms with van der Waals surface area (Å²) in [5.74, 6) is 2.77.